The van der Waals surface area contributed by atoms with Crippen molar-refractivity contribution in [1.82, 2.24) is 25.6 Å². The highest BCUT2D eigenvalue weighted by Crippen LogP contribution is 2.09. The fourth-order valence-corrected chi connectivity index (χ4v) is 1.56. The first-order chi connectivity index (χ1) is 9.08. The molecular weight excluding hydrogens is 254 g/mol. The number of hydrogen-bond acceptors (Lipinski definition) is 6. The van der Waals surface area contributed by atoms with E-state index >= 15 is 0 Å². The van der Waals surface area contributed by atoms with Crippen LogP contribution < -0.4 is 10.6 Å². The van der Waals surface area contributed by atoms with E-state index in [4.69, 9.17) is 10.2 Å². The fourth-order valence-electron chi connectivity index (χ4n) is 1.56. The second-order valence-electron chi connectivity index (χ2n) is 4.29. The van der Waals surface area contributed by atoms with Gasteiger partial charge in [0.1, 0.15) is 0 Å². The molecule has 1 fully saturated rings. The van der Waals surface area contributed by atoms with Gasteiger partial charge in [-0.2, -0.15) is 0 Å². The summed E-state index contributed by atoms with van der Waals surface area (Å²) in [7, 11) is 0. The van der Waals surface area contributed by atoms with E-state index in [-0.39, 0.29) is 24.7 Å². The van der Waals surface area contributed by atoms with E-state index in [1.807, 2.05) is 0 Å². The highest BCUT2D eigenvalue weighted by atomic mass is 16.4. The van der Waals surface area contributed by atoms with E-state index in [0.717, 1.165) is 13.1 Å². The average Bonchev–Trinajstić information content (AvgIpc) is 2.75. The molecule has 1 aliphatic heterocycles. The fraction of sp³-hybridized carbons (Fsp3) is 0.600. The summed E-state index contributed by atoms with van der Waals surface area (Å²) in [5, 5.41) is 30.7. The number of carboxylic acids is 1. The Morgan fingerprint density at radius 3 is 2.89 bits per heavy atom. The molecule has 1 atom stereocenters. The van der Waals surface area contributed by atoms with Crippen LogP contribution in [0, 0.1) is 0 Å². The first-order valence-corrected chi connectivity index (χ1v) is 5.89. The highest BCUT2D eigenvalue weighted by Gasteiger charge is 2.21. The van der Waals surface area contributed by atoms with Gasteiger partial charge in [0.15, 0.2) is 11.8 Å². The molecule has 4 N–H and O–H groups in total. The lowest BCUT2D eigenvalue weighted by Crippen LogP contribution is -2.43. The molecule has 0 aliphatic carbocycles. The summed E-state index contributed by atoms with van der Waals surface area (Å²) < 4.78 is 1.62. The molecule has 0 radical (unpaired) electrons. The van der Waals surface area contributed by atoms with E-state index in [0.29, 0.717) is 0 Å². The summed E-state index contributed by atoms with van der Waals surface area (Å²) in [5.74, 6) is -1.74. The molecule has 1 saturated heterocycles. The van der Waals surface area contributed by atoms with Crippen molar-refractivity contribution in [2.24, 2.45) is 0 Å². The molecule has 19 heavy (non-hydrogen) atoms. The van der Waals surface area contributed by atoms with Gasteiger partial charge in [0.2, 0.25) is 0 Å². The predicted molar refractivity (Wildman–Crippen MR) is 62.5 cm³/mol. The van der Waals surface area contributed by atoms with Crippen molar-refractivity contribution in [3.8, 4) is 0 Å². The molecule has 2 heterocycles. The van der Waals surface area contributed by atoms with Crippen molar-refractivity contribution in [1.29, 1.82) is 0 Å². The van der Waals surface area contributed by atoms with Crippen LogP contribution in [0.1, 0.15) is 23.0 Å². The average molecular weight is 269 g/mol. The predicted octanol–water partition coefficient (Wildman–Crippen LogP) is -2.01. The van der Waals surface area contributed by atoms with Crippen LogP contribution in [-0.2, 0) is 4.79 Å². The van der Waals surface area contributed by atoms with Gasteiger partial charge in [-0.1, -0.05) is 5.21 Å². The number of carboxylic acid groups (broad SMARTS) is 1. The number of aliphatic hydroxyl groups excluding tert-OH is 1. The molecule has 9 nitrogen and oxygen atoms in total. The third-order valence-electron chi connectivity index (χ3n) is 2.87. The lowest BCUT2D eigenvalue weighted by Gasteiger charge is -2.26. The number of rotatable bonds is 6. The van der Waals surface area contributed by atoms with Gasteiger partial charge >= 0.3 is 5.97 Å². The van der Waals surface area contributed by atoms with Gasteiger partial charge in [-0.05, 0) is 0 Å². The molecule has 1 aromatic heterocycles. The van der Waals surface area contributed by atoms with E-state index in [1.165, 1.54) is 0 Å². The number of nitrogens with one attached hydrogen (secondary N) is 2. The largest absolute Gasteiger partial charge is 0.479 e. The first kappa shape index (κ1) is 13.4. The molecule has 1 amide bonds. The van der Waals surface area contributed by atoms with Crippen molar-refractivity contribution in [2.75, 3.05) is 19.6 Å². The molecule has 2 rings (SSSR count). The Kier molecular flexibility index (Phi) is 4.07. The number of carbonyl (C=O) groups is 2. The van der Waals surface area contributed by atoms with Crippen molar-refractivity contribution in [3.63, 3.8) is 0 Å². The summed E-state index contributed by atoms with van der Waals surface area (Å²) >= 11 is 0. The summed E-state index contributed by atoms with van der Waals surface area (Å²) in [4.78, 5) is 22.0. The molecule has 0 aromatic carbocycles. The number of amides is 1. The molecule has 0 spiro atoms. The molecule has 1 aromatic rings. The Hall–Kier alpha value is -2.00. The van der Waals surface area contributed by atoms with Gasteiger partial charge in [-0.25, -0.2) is 9.48 Å². The van der Waals surface area contributed by atoms with Crippen LogP contribution in [-0.4, -0.2) is 62.8 Å². The van der Waals surface area contributed by atoms with E-state index < -0.39 is 18.0 Å². The zero-order valence-electron chi connectivity index (χ0n) is 10.1. The first-order valence-electron chi connectivity index (χ1n) is 5.89. The summed E-state index contributed by atoms with van der Waals surface area (Å²) in [6.07, 6.45) is 0.0213. The van der Waals surface area contributed by atoms with Crippen molar-refractivity contribution >= 4 is 11.9 Å². The SMILES string of the molecule is O=C(NCC[C@H](O)C(=O)O)c1cn(C2CNC2)nn1. The second-order valence-corrected chi connectivity index (χ2v) is 4.29. The Morgan fingerprint density at radius 1 is 1.58 bits per heavy atom. The van der Waals surface area contributed by atoms with Crippen LogP contribution in [0.15, 0.2) is 6.20 Å². The van der Waals surface area contributed by atoms with Gasteiger partial charge in [-0.15, -0.1) is 5.10 Å². The van der Waals surface area contributed by atoms with E-state index in [2.05, 4.69) is 20.9 Å². The molecule has 0 unspecified atom stereocenters. The van der Waals surface area contributed by atoms with Crippen molar-refractivity contribution < 1.29 is 19.8 Å². The monoisotopic (exact) mass is 269 g/mol. The molecule has 104 valence electrons. The van der Waals surface area contributed by atoms with Crippen LogP contribution >= 0.6 is 0 Å². The van der Waals surface area contributed by atoms with Gasteiger partial charge in [0.05, 0.1) is 12.2 Å². The van der Waals surface area contributed by atoms with Crippen LogP contribution in [0.4, 0.5) is 0 Å². The van der Waals surface area contributed by atoms with Crippen LogP contribution in [0.5, 0.6) is 0 Å². The molecule has 9 heteroatoms. The van der Waals surface area contributed by atoms with E-state index in [1.54, 1.807) is 10.9 Å². The number of aromatic nitrogens is 3. The Balaban J connectivity index is 1.79. The number of aliphatic carboxylic acids is 1. The highest BCUT2D eigenvalue weighted by molar-refractivity contribution is 5.91. The zero-order chi connectivity index (χ0) is 13.8. The number of carbonyl (C=O) groups excluding carboxylic acids is 1. The Labute approximate surface area is 108 Å². The van der Waals surface area contributed by atoms with E-state index in [9.17, 15) is 9.59 Å². The Morgan fingerprint density at radius 2 is 2.32 bits per heavy atom. The van der Waals surface area contributed by atoms with Crippen molar-refractivity contribution in [2.45, 2.75) is 18.6 Å². The summed E-state index contributed by atoms with van der Waals surface area (Å²) in [6, 6.07) is 0.225. The smallest absolute Gasteiger partial charge is 0.332 e. The second kappa shape index (κ2) is 5.76. The van der Waals surface area contributed by atoms with Gasteiger partial charge in [0, 0.05) is 26.1 Å². The number of hydrogen-bond donors (Lipinski definition) is 4. The van der Waals surface area contributed by atoms with Crippen LogP contribution in [0.2, 0.25) is 0 Å². The van der Waals surface area contributed by atoms with Gasteiger partial charge in [0.25, 0.3) is 5.91 Å². The van der Waals surface area contributed by atoms with Crippen LogP contribution in [0.25, 0.3) is 0 Å². The molecule has 0 saturated carbocycles. The van der Waals surface area contributed by atoms with Crippen LogP contribution in [0.3, 0.4) is 0 Å². The molecule has 1 aliphatic rings. The summed E-state index contributed by atoms with van der Waals surface area (Å²) in [5.41, 5.74) is 0.178. The maximum absolute atomic E-state index is 11.7. The topological polar surface area (TPSA) is 129 Å². The lowest BCUT2D eigenvalue weighted by molar-refractivity contribution is -0.146. The minimum Gasteiger partial charge on any atom is -0.479 e. The van der Waals surface area contributed by atoms with Crippen molar-refractivity contribution in [3.05, 3.63) is 11.9 Å². The standard InChI is InChI=1S/C10H15N5O4/c16-8(10(18)19)1-2-12-9(17)7-5-15(14-13-7)6-3-11-4-6/h5-6,8,11,16H,1-4H2,(H,12,17)(H,18,19)/t8-/m0/s1. The minimum atomic E-state index is -1.47. The quantitative estimate of drug-likeness (QED) is 0.469. The van der Waals surface area contributed by atoms with Gasteiger partial charge < -0.3 is 20.8 Å². The Bertz CT molecular complexity index is 470. The third-order valence-corrected chi connectivity index (χ3v) is 2.87. The lowest BCUT2D eigenvalue weighted by atomic mass is 10.2. The third kappa shape index (κ3) is 3.26. The molecular formula is C10H15N5O4. The maximum atomic E-state index is 11.7. The minimum absolute atomic E-state index is 0.0538. The maximum Gasteiger partial charge on any atom is 0.332 e. The normalized spacial score (nSPS) is 16.7. The number of nitrogens with zero attached hydrogens (tertiary/aromatic N) is 3. The zero-order valence-corrected chi connectivity index (χ0v) is 10.1. The summed E-state index contributed by atoms with van der Waals surface area (Å²) in [6.45, 7) is 1.66. The van der Waals surface area contributed by atoms with Gasteiger partial charge in [-0.3, -0.25) is 4.79 Å². The molecule has 0 bridgehead atoms. The number of aliphatic hydroxyl groups is 1.